The summed E-state index contributed by atoms with van der Waals surface area (Å²) in [6.07, 6.45) is 7.46. The van der Waals surface area contributed by atoms with E-state index in [1.54, 1.807) is 0 Å². The summed E-state index contributed by atoms with van der Waals surface area (Å²) in [5, 5.41) is 3.69. The molecule has 19 heavy (non-hydrogen) atoms. The molecule has 1 aromatic carbocycles. The lowest BCUT2D eigenvalue weighted by Gasteiger charge is -2.39. The minimum Gasteiger partial charge on any atom is -0.382 e. The molecule has 0 aromatic heterocycles. The van der Waals surface area contributed by atoms with Crippen LogP contribution in [-0.2, 0) is 4.74 Å². The Hall–Kier alpha value is -0.540. The highest BCUT2D eigenvalue weighted by Gasteiger charge is 2.39. The zero-order chi connectivity index (χ0) is 13.3. The molecular formula is C16H22BrNO. The van der Waals surface area contributed by atoms with Gasteiger partial charge in [-0.15, -0.1) is 0 Å². The maximum absolute atomic E-state index is 6.09. The van der Waals surface area contributed by atoms with Crippen LogP contribution in [0.3, 0.4) is 0 Å². The predicted octanol–water partition coefficient (Wildman–Crippen LogP) is 4.66. The number of benzene rings is 1. The van der Waals surface area contributed by atoms with Gasteiger partial charge < -0.3 is 10.1 Å². The lowest BCUT2D eigenvalue weighted by Crippen LogP contribution is -2.42. The topological polar surface area (TPSA) is 21.3 Å². The molecule has 1 aliphatic heterocycles. The monoisotopic (exact) mass is 323 g/mol. The number of nitrogens with one attached hydrogen (secondary N) is 1. The van der Waals surface area contributed by atoms with Crippen molar-refractivity contribution in [1.82, 2.24) is 0 Å². The summed E-state index contributed by atoms with van der Waals surface area (Å²) in [7, 11) is 0. The molecule has 0 bridgehead atoms. The highest BCUT2D eigenvalue weighted by Crippen LogP contribution is 2.40. The van der Waals surface area contributed by atoms with Gasteiger partial charge in [-0.1, -0.05) is 34.8 Å². The number of hydrogen-bond donors (Lipinski definition) is 1. The standard InChI is InChI=1S/C16H22BrNO/c1-12-4-5-13(10-15(12)17)18-14-6-9-19-16(11-14)7-2-3-8-16/h4-5,10,14,18H,2-3,6-9,11H2,1H3. The Labute approximate surface area is 124 Å². The van der Waals surface area contributed by atoms with Gasteiger partial charge >= 0.3 is 0 Å². The number of halogens is 1. The van der Waals surface area contributed by atoms with Crippen molar-refractivity contribution in [2.24, 2.45) is 0 Å². The van der Waals surface area contributed by atoms with Crippen LogP contribution in [0, 0.1) is 6.92 Å². The summed E-state index contributed by atoms with van der Waals surface area (Å²) in [4.78, 5) is 0. The normalized spacial score (nSPS) is 25.7. The molecule has 1 saturated carbocycles. The van der Waals surface area contributed by atoms with E-state index in [1.165, 1.54) is 47.8 Å². The number of rotatable bonds is 2. The highest BCUT2D eigenvalue weighted by atomic mass is 79.9. The fourth-order valence-corrected chi connectivity index (χ4v) is 3.82. The third-order valence-corrected chi connectivity index (χ3v) is 5.40. The van der Waals surface area contributed by atoms with Gasteiger partial charge in [-0.25, -0.2) is 0 Å². The number of anilines is 1. The van der Waals surface area contributed by atoms with Gasteiger partial charge in [-0.2, -0.15) is 0 Å². The first-order chi connectivity index (χ1) is 9.17. The van der Waals surface area contributed by atoms with Crippen LogP contribution in [0.25, 0.3) is 0 Å². The second kappa shape index (κ2) is 5.45. The van der Waals surface area contributed by atoms with Gasteiger partial charge in [0.2, 0.25) is 0 Å². The van der Waals surface area contributed by atoms with E-state index in [4.69, 9.17) is 4.74 Å². The van der Waals surface area contributed by atoms with Crippen molar-refractivity contribution in [3.05, 3.63) is 28.2 Å². The molecule has 2 fully saturated rings. The molecule has 104 valence electrons. The van der Waals surface area contributed by atoms with Crippen LogP contribution in [0.4, 0.5) is 5.69 Å². The van der Waals surface area contributed by atoms with Gasteiger partial charge in [0.1, 0.15) is 0 Å². The summed E-state index contributed by atoms with van der Waals surface area (Å²) >= 11 is 3.61. The molecule has 1 unspecified atom stereocenters. The second-order valence-corrected chi connectivity index (χ2v) is 6.89. The Morgan fingerprint density at radius 1 is 1.32 bits per heavy atom. The predicted molar refractivity (Wildman–Crippen MR) is 82.7 cm³/mol. The average molecular weight is 324 g/mol. The molecule has 1 N–H and O–H groups in total. The van der Waals surface area contributed by atoms with E-state index >= 15 is 0 Å². The lowest BCUT2D eigenvalue weighted by atomic mass is 9.89. The molecule has 1 heterocycles. The molecule has 2 nitrogen and oxygen atoms in total. The molecule has 1 saturated heterocycles. The van der Waals surface area contributed by atoms with Crippen molar-refractivity contribution >= 4 is 21.6 Å². The van der Waals surface area contributed by atoms with E-state index in [1.807, 2.05) is 0 Å². The second-order valence-electron chi connectivity index (χ2n) is 6.04. The summed E-state index contributed by atoms with van der Waals surface area (Å²) in [5.41, 5.74) is 2.69. The molecular weight excluding hydrogens is 302 g/mol. The summed E-state index contributed by atoms with van der Waals surface area (Å²) in [6, 6.07) is 7.08. The zero-order valence-electron chi connectivity index (χ0n) is 11.5. The highest BCUT2D eigenvalue weighted by molar-refractivity contribution is 9.10. The van der Waals surface area contributed by atoms with Crippen molar-refractivity contribution in [1.29, 1.82) is 0 Å². The molecule has 3 rings (SSSR count). The Morgan fingerprint density at radius 3 is 2.84 bits per heavy atom. The van der Waals surface area contributed by atoms with Crippen LogP contribution in [0.2, 0.25) is 0 Å². The van der Waals surface area contributed by atoms with E-state index in [2.05, 4.69) is 46.4 Å². The number of hydrogen-bond acceptors (Lipinski definition) is 2. The van der Waals surface area contributed by atoms with Crippen LogP contribution in [-0.4, -0.2) is 18.2 Å². The number of ether oxygens (including phenoxy) is 1. The molecule has 2 aliphatic rings. The fraction of sp³-hybridized carbons (Fsp3) is 0.625. The van der Waals surface area contributed by atoms with E-state index in [-0.39, 0.29) is 5.60 Å². The smallest absolute Gasteiger partial charge is 0.0702 e. The van der Waals surface area contributed by atoms with Crippen LogP contribution >= 0.6 is 15.9 Å². The minimum atomic E-state index is 0.192. The van der Waals surface area contributed by atoms with Gasteiger partial charge in [0.05, 0.1) is 5.60 Å². The van der Waals surface area contributed by atoms with Crippen molar-refractivity contribution in [2.45, 2.75) is 57.1 Å². The maximum atomic E-state index is 6.09. The largest absolute Gasteiger partial charge is 0.382 e. The van der Waals surface area contributed by atoms with Gasteiger partial charge in [-0.05, 0) is 50.3 Å². The summed E-state index contributed by atoms with van der Waals surface area (Å²) in [6.45, 7) is 3.03. The SMILES string of the molecule is Cc1ccc(NC2CCOC3(CCCC3)C2)cc1Br. The Bertz CT molecular complexity index is 454. The lowest BCUT2D eigenvalue weighted by molar-refractivity contribution is -0.0767. The summed E-state index contributed by atoms with van der Waals surface area (Å²) < 4.78 is 7.27. The molecule has 1 aromatic rings. The Balaban J connectivity index is 1.67. The summed E-state index contributed by atoms with van der Waals surface area (Å²) in [5.74, 6) is 0. The zero-order valence-corrected chi connectivity index (χ0v) is 13.1. The van der Waals surface area contributed by atoms with Gasteiger partial charge in [0.15, 0.2) is 0 Å². The van der Waals surface area contributed by atoms with Crippen LogP contribution < -0.4 is 5.32 Å². The fourth-order valence-electron chi connectivity index (χ4n) is 3.44. The van der Waals surface area contributed by atoms with Crippen LogP contribution in [0.1, 0.15) is 44.1 Å². The van der Waals surface area contributed by atoms with E-state index < -0.39 is 0 Å². The van der Waals surface area contributed by atoms with Gasteiger partial charge in [0, 0.05) is 22.8 Å². The molecule has 1 spiro atoms. The van der Waals surface area contributed by atoms with Crippen molar-refractivity contribution in [3.8, 4) is 0 Å². The third-order valence-electron chi connectivity index (χ3n) is 4.55. The first kappa shape index (κ1) is 13.4. The first-order valence-corrected chi connectivity index (χ1v) is 8.13. The van der Waals surface area contributed by atoms with E-state index in [0.29, 0.717) is 6.04 Å². The minimum absolute atomic E-state index is 0.192. The van der Waals surface area contributed by atoms with Gasteiger partial charge in [0.25, 0.3) is 0 Å². The van der Waals surface area contributed by atoms with Gasteiger partial charge in [-0.3, -0.25) is 0 Å². The van der Waals surface area contributed by atoms with Crippen LogP contribution in [0.5, 0.6) is 0 Å². The molecule has 3 heteroatoms. The van der Waals surface area contributed by atoms with E-state index in [0.717, 1.165) is 13.0 Å². The molecule has 0 amide bonds. The van der Waals surface area contributed by atoms with E-state index in [9.17, 15) is 0 Å². The Morgan fingerprint density at radius 2 is 2.11 bits per heavy atom. The first-order valence-electron chi connectivity index (χ1n) is 7.34. The van der Waals surface area contributed by atoms with Crippen molar-refractivity contribution < 1.29 is 4.74 Å². The molecule has 1 aliphatic carbocycles. The Kier molecular flexibility index (Phi) is 3.86. The molecule has 1 atom stereocenters. The third kappa shape index (κ3) is 2.97. The van der Waals surface area contributed by atoms with Crippen molar-refractivity contribution in [3.63, 3.8) is 0 Å². The maximum Gasteiger partial charge on any atom is 0.0702 e. The molecule has 0 radical (unpaired) electrons. The average Bonchev–Trinajstić information content (AvgIpc) is 2.82. The number of aryl methyl sites for hydroxylation is 1. The van der Waals surface area contributed by atoms with Crippen molar-refractivity contribution in [2.75, 3.05) is 11.9 Å². The quantitative estimate of drug-likeness (QED) is 0.854. The van der Waals surface area contributed by atoms with Crippen LogP contribution in [0.15, 0.2) is 22.7 Å².